The minimum atomic E-state index is -0.165. The zero-order valence-electron chi connectivity index (χ0n) is 9.70. The SMILES string of the molecule is CC(C)[C@@H](SC1CCCCC1)[C@H](C)O. The number of aliphatic hydroxyl groups excluding tert-OH is 1. The van der Waals surface area contributed by atoms with Crippen molar-refractivity contribution in [3.05, 3.63) is 0 Å². The monoisotopic (exact) mass is 216 g/mol. The van der Waals surface area contributed by atoms with Crippen LogP contribution in [0.1, 0.15) is 52.9 Å². The number of thioether (sulfide) groups is 1. The molecule has 0 aliphatic heterocycles. The summed E-state index contributed by atoms with van der Waals surface area (Å²) in [5.74, 6) is 0.585. The smallest absolute Gasteiger partial charge is 0.0633 e. The third-order valence-electron chi connectivity index (χ3n) is 3.03. The molecule has 0 unspecified atom stereocenters. The third-order valence-corrected chi connectivity index (χ3v) is 5.14. The zero-order valence-corrected chi connectivity index (χ0v) is 10.5. The van der Waals surface area contributed by atoms with Crippen molar-refractivity contribution in [3.8, 4) is 0 Å². The largest absolute Gasteiger partial charge is 0.392 e. The highest BCUT2D eigenvalue weighted by Gasteiger charge is 2.24. The molecule has 1 rings (SSSR count). The van der Waals surface area contributed by atoms with E-state index in [0.29, 0.717) is 11.2 Å². The van der Waals surface area contributed by atoms with Crippen molar-refractivity contribution in [1.82, 2.24) is 0 Å². The van der Waals surface area contributed by atoms with Gasteiger partial charge in [0, 0.05) is 10.5 Å². The summed E-state index contributed by atoms with van der Waals surface area (Å²) in [4.78, 5) is 0. The van der Waals surface area contributed by atoms with Gasteiger partial charge in [0.1, 0.15) is 0 Å². The summed E-state index contributed by atoms with van der Waals surface area (Å²) in [5.41, 5.74) is 0. The van der Waals surface area contributed by atoms with Gasteiger partial charge in [-0.3, -0.25) is 0 Å². The van der Waals surface area contributed by atoms with Crippen LogP contribution in [0.4, 0.5) is 0 Å². The van der Waals surface area contributed by atoms with E-state index < -0.39 is 0 Å². The van der Waals surface area contributed by atoms with E-state index in [2.05, 4.69) is 13.8 Å². The Kier molecular flexibility index (Phi) is 5.32. The van der Waals surface area contributed by atoms with Crippen LogP contribution < -0.4 is 0 Å². The molecule has 0 aromatic heterocycles. The maximum Gasteiger partial charge on any atom is 0.0633 e. The standard InChI is InChI=1S/C12H24OS/c1-9(2)12(10(3)13)14-11-7-5-4-6-8-11/h9-13H,4-8H2,1-3H3/t10-,12+/m0/s1. The molecular weight excluding hydrogens is 192 g/mol. The molecule has 14 heavy (non-hydrogen) atoms. The Balaban J connectivity index is 2.37. The van der Waals surface area contributed by atoms with Crippen LogP contribution in [0, 0.1) is 5.92 Å². The predicted molar refractivity (Wildman–Crippen MR) is 64.8 cm³/mol. The Morgan fingerprint density at radius 1 is 1.07 bits per heavy atom. The van der Waals surface area contributed by atoms with Crippen LogP contribution in [0.25, 0.3) is 0 Å². The lowest BCUT2D eigenvalue weighted by molar-refractivity contribution is 0.174. The van der Waals surface area contributed by atoms with Gasteiger partial charge in [0.15, 0.2) is 0 Å². The van der Waals surface area contributed by atoms with Gasteiger partial charge >= 0.3 is 0 Å². The molecule has 0 aromatic rings. The molecule has 0 bridgehead atoms. The van der Waals surface area contributed by atoms with Crippen LogP contribution in [-0.2, 0) is 0 Å². The normalized spacial score (nSPS) is 23.8. The first-order chi connectivity index (χ1) is 6.61. The van der Waals surface area contributed by atoms with Crippen LogP contribution in [0.2, 0.25) is 0 Å². The van der Waals surface area contributed by atoms with Crippen LogP contribution in [-0.4, -0.2) is 21.7 Å². The summed E-state index contributed by atoms with van der Waals surface area (Å²) in [7, 11) is 0. The summed E-state index contributed by atoms with van der Waals surface area (Å²) in [6, 6.07) is 0. The van der Waals surface area contributed by atoms with Gasteiger partial charge in [0.05, 0.1) is 6.10 Å². The van der Waals surface area contributed by atoms with Crippen LogP contribution in [0.5, 0.6) is 0 Å². The van der Waals surface area contributed by atoms with Gasteiger partial charge in [-0.1, -0.05) is 33.1 Å². The maximum absolute atomic E-state index is 9.69. The van der Waals surface area contributed by atoms with Crippen LogP contribution >= 0.6 is 11.8 Å². The van der Waals surface area contributed by atoms with Gasteiger partial charge in [0.25, 0.3) is 0 Å². The lowest BCUT2D eigenvalue weighted by atomic mass is 10.0. The van der Waals surface area contributed by atoms with E-state index in [1.54, 1.807) is 0 Å². The Bertz CT molecular complexity index is 142. The van der Waals surface area contributed by atoms with E-state index >= 15 is 0 Å². The number of aliphatic hydroxyl groups is 1. The Morgan fingerprint density at radius 2 is 1.64 bits per heavy atom. The fourth-order valence-electron chi connectivity index (χ4n) is 2.25. The predicted octanol–water partition coefficient (Wildman–Crippen LogP) is 3.46. The second-order valence-electron chi connectivity index (χ2n) is 4.85. The van der Waals surface area contributed by atoms with Crippen molar-refractivity contribution in [1.29, 1.82) is 0 Å². The first-order valence-electron chi connectivity index (χ1n) is 5.94. The van der Waals surface area contributed by atoms with Crippen LogP contribution in [0.15, 0.2) is 0 Å². The van der Waals surface area contributed by atoms with Crippen molar-refractivity contribution in [2.45, 2.75) is 69.5 Å². The molecule has 0 spiro atoms. The topological polar surface area (TPSA) is 20.2 Å². The molecule has 0 saturated heterocycles. The number of hydrogen-bond acceptors (Lipinski definition) is 2. The van der Waals surface area contributed by atoms with Gasteiger partial charge in [0.2, 0.25) is 0 Å². The third kappa shape index (κ3) is 3.82. The van der Waals surface area contributed by atoms with E-state index in [1.807, 2.05) is 18.7 Å². The maximum atomic E-state index is 9.69. The van der Waals surface area contributed by atoms with Gasteiger partial charge in [-0.25, -0.2) is 0 Å². The first kappa shape index (κ1) is 12.4. The van der Waals surface area contributed by atoms with Crippen LogP contribution in [0.3, 0.4) is 0 Å². The Hall–Kier alpha value is 0.310. The quantitative estimate of drug-likeness (QED) is 0.776. The van der Waals surface area contributed by atoms with Gasteiger partial charge in [-0.05, 0) is 25.7 Å². The molecular formula is C12H24OS. The molecule has 1 aliphatic rings. The number of hydrogen-bond donors (Lipinski definition) is 1. The van der Waals surface area contributed by atoms with Gasteiger partial charge in [-0.2, -0.15) is 11.8 Å². The molecule has 0 heterocycles. The highest BCUT2D eigenvalue weighted by Crippen LogP contribution is 2.34. The Morgan fingerprint density at radius 3 is 2.07 bits per heavy atom. The molecule has 0 amide bonds. The van der Waals surface area contributed by atoms with Crippen molar-refractivity contribution < 1.29 is 5.11 Å². The molecule has 0 aromatic carbocycles. The van der Waals surface area contributed by atoms with E-state index in [4.69, 9.17) is 0 Å². The molecule has 2 atom stereocenters. The Labute approximate surface area is 92.7 Å². The molecule has 1 N–H and O–H groups in total. The lowest BCUT2D eigenvalue weighted by Gasteiger charge is -2.30. The first-order valence-corrected chi connectivity index (χ1v) is 6.89. The second kappa shape index (κ2) is 6.02. The second-order valence-corrected chi connectivity index (χ2v) is 6.33. The highest BCUT2D eigenvalue weighted by atomic mass is 32.2. The summed E-state index contributed by atoms with van der Waals surface area (Å²) in [6.07, 6.45) is 6.76. The highest BCUT2D eigenvalue weighted by molar-refractivity contribution is 8.00. The fourth-order valence-corrected chi connectivity index (χ4v) is 3.84. The summed E-state index contributed by atoms with van der Waals surface area (Å²) >= 11 is 2.03. The molecule has 2 heteroatoms. The lowest BCUT2D eigenvalue weighted by Crippen LogP contribution is -2.28. The molecule has 1 aliphatic carbocycles. The number of rotatable bonds is 4. The summed E-state index contributed by atoms with van der Waals surface area (Å²) < 4.78 is 0. The average molecular weight is 216 g/mol. The molecule has 1 nitrogen and oxygen atoms in total. The van der Waals surface area contributed by atoms with Crippen molar-refractivity contribution in [3.63, 3.8) is 0 Å². The zero-order chi connectivity index (χ0) is 10.6. The van der Waals surface area contributed by atoms with Crippen molar-refractivity contribution in [2.24, 2.45) is 5.92 Å². The average Bonchev–Trinajstić information content (AvgIpc) is 2.15. The molecule has 0 radical (unpaired) electrons. The molecule has 84 valence electrons. The minimum Gasteiger partial charge on any atom is -0.392 e. The van der Waals surface area contributed by atoms with Gasteiger partial charge < -0.3 is 5.11 Å². The van der Waals surface area contributed by atoms with Crippen molar-refractivity contribution >= 4 is 11.8 Å². The van der Waals surface area contributed by atoms with Gasteiger partial charge in [-0.15, -0.1) is 0 Å². The van der Waals surface area contributed by atoms with E-state index in [-0.39, 0.29) is 6.10 Å². The van der Waals surface area contributed by atoms with Crippen molar-refractivity contribution in [2.75, 3.05) is 0 Å². The van der Waals surface area contributed by atoms with E-state index in [1.165, 1.54) is 32.1 Å². The molecule has 1 saturated carbocycles. The summed E-state index contributed by atoms with van der Waals surface area (Å²) in [6.45, 7) is 6.36. The van der Waals surface area contributed by atoms with E-state index in [9.17, 15) is 5.11 Å². The minimum absolute atomic E-state index is 0.165. The fraction of sp³-hybridized carbons (Fsp3) is 1.00. The summed E-state index contributed by atoms with van der Waals surface area (Å²) in [5, 5.41) is 10.9. The van der Waals surface area contributed by atoms with E-state index in [0.717, 1.165) is 5.25 Å². The molecule has 1 fully saturated rings.